The summed E-state index contributed by atoms with van der Waals surface area (Å²) in [4.78, 5) is 20.9. The Morgan fingerprint density at radius 2 is 1.59 bits per heavy atom. The van der Waals surface area contributed by atoms with E-state index in [1.165, 1.54) is 5.56 Å². The number of carbonyl (C=O) groups is 1. The van der Waals surface area contributed by atoms with Crippen LogP contribution in [0.4, 0.5) is 23.1 Å². The van der Waals surface area contributed by atoms with Crippen molar-refractivity contribution in [3.63, 3.8) is 0 Å². The fraction of sp³-hybridized carbons (Fsp3) is 0.261. The molecule has 1 heterocycles. The normalized spacial score (nSPS) is 10.5. The molecule has 2 aromatic carbocycles. The second-order valence-corrected chi connectivity index (χ2v) is 7.04. The van der Waals surface area contributed by atoms with Crippen molar-refractivity contribution in [2.75, 3.05) is 17.2 Å². The highest BCUT2D eigenvalue weighted by atomic mass is 16.5. The topological polar surface area (TPSA) is 76.1 Å². The molecule has 3 aromatic rings. The lowest BCUT2D eigenvalue weighted by Gasteiger charge is -2.14. The molecule has 1 aromatic heterocycles. The molecule has 0 spiro atoms. The van der Waals surface area contributed by atoms with E-state index in [0.29, 0.717) is 23.9 Å². The molecule has 2 N–H and O–H groups in total. The van der Waals surface area contributed by atoms with Crippen molar-refractivity contribution >= 4 is 29.1 Å². The van der Waals surface area contributed by atoms with E-state index in [9.17, 15) is 4.79 Å². The molecule has 0 fully saturated rings. The maximum Gasteiger partial charge on any atom is 0.338 e. The number of hydrogen-bond acceptors (Lipinski definition) is 6. The molecule has 0 bridgehead atoms. The summed E-state index contributed by atoms with van der Waals surface area (Å²) in [6, 6.07) is 13.2. The van der Waals surface area contributed by atoms with Crippen LogP contribution in [0.25, 0.3) is 0 Å². The van der Waals surface area contributed by atoms with Crippen LogP contribution < -0.4 is 10.6 Å². The molecule has 3 rings (SSSR count). The Morgan fingerprint density at radius 1 is 0.931 bits per heavy atom. The van der Waals surface area contributed by atoms with E-state index in [1.54, 1.807) is 19.1 Å². The van der Waals surface area contributed by atoms with Crippen molar-refractivity contribution in [2.24, 2.45) is 0 Å². The molecular formula is C23H26N4O2. The van der Waals surface area contributed by atoms with E-state index < -0.39 is 0 Å². The fourth-order valence-electron chi connectivity index (χ4n) is 3.23. The summed E-state index contributed by atoms with van der Waals surface area (Å²) in [5, 5.41) is 6.61. The van der Waals surface area contributed by atoms with E-state index in [1.807, 2.05) is 25.1 Å². The summed E-state index contributed by atoms with van der Waals surface area (Å²) in [5.74, 6) is 0.879. The second kappa shape index (κ2) is 8.73. The number of nitrogens with one attached hydrogen (secondary N) is 2. The maximum absolute atomic E-state index is 11.8. The standard InChI is InChI=1S/C23H26N4O2/c1-6-29-22(28)18-7-9-19(10-8-18)25-20-13-17(5)24-23(26-20)27-21-15(3)11-14(2)12-16(21)4/h7-13H,6H2,1-5H3,(H2,24,25,26,27). The number of ether oxygens (including phenoxy) is 1. The van der Waals surface area contributed by atoms with E-state index >= 15 is 0 Å². The van der Waals surface area contributed by atoms with Crippen LogP contribution >= 0.6 is 0 Å². The zero-order valence-electron chi connectivity index (χ0n) is 17.5. The van der Waals surface area contributed by atoms with Gasteiger partial charge >= 0.3 is 5.97 Å². The Hall–Kier alpha value is -3.41. The molecule has 29 heavy (non-hydrogen) atoms. The van der Waals surface area contributed by atoms with E-state index in [-0.39, 0.29) is 5.97 Å². The highest BCUT2D eigenvalue weighted by Crippen LogP contribution is 2.26. The van der Waals surface area contributed by atoms with Gasteiger partial charge in [-0.15, -0.1) is 0 Å². The van der Waals surface area contributed by atoms with Gasteiger partial charge in [-0.05, 0) is 70.0 Å². The second-order valence-electron chi connectivity index (χ2n) is 7.04. The van der Waals surface area contributed by atoms with E-state index in [0.717, 1.165) is 28.2 Å². The zero-order chi connectivity index (χ0) is 21.0. The SMILES string of the molecule is CCOC(=O)c1ccc(Nc2cc(C)nc(Nc3c(C)cc(C)cc3C)n2)cc1. The third-order valence-electron chi connectivity index (χ3n) is 4.44. The number of hydrogen-bond donors (Lipinski definition) is 2. The van der Waals surface area contributed by atoms with E-state index in [4.69, 9.17) is 4.74 Å². The first-order valence-corrected chi connectivity index (χ1v) is 9.60. The van der Waals surface area contributed by atoms with Crippen molar-refractivity contribution in [2.45, 2.75) is 34.6 Å². The van der Waals surface area contributed by atoms with Crippen LogP contribution in [-0.4, -0.2) is 22.5 Å². The Labute approximate surface area is 171 Å². The minimum atomic E-state index is -0.327. The van der Waals surface area contributed by atoms with Crippen LogP contribution in [0.5, 0.6) is 0 Å². The Balaban J connectivity index is 1.80. The molecule has 0 amide bonds. The van der Waals surface area contributed by atoms with Crippen LogP contribution in [-0.2, 0) is 4.74 Å². The van der Waals surface area contributed by atoms with Crippen LogP contribution in [0, 0.1) is 27.7 Å². The lowest BCUT2D eigenvalue weighted by Crippen LogP contribution is -2.05. The molecule has 0 atom stereocenters. The third-order valence-corrected chi connectivity index (χ3v) is 4.44. The van der Waals surface area contributed by atoms with Crippen LogP contribution in [0.1, 0.15) is 39.7 Å². The third kappa shape index (κ3) is 5.10. The zero-order valence-corrected chi connectivity index (χ0v) is 17.5. The molecule has 0 aliphatic carbocycles. The summed E-state index contributed by atoms with van der Waals surface area (Å²) in [6.45, 7) is 10.3. The van der Waals surface area contributed by atoms with Gasteiger partial charge in [0.25, 0.3) is 0 Å². The van der Waals surface area contributed by atoms with Crippen molar-refractivity contribution < 1.29 is 9.53 Å². The van der Waals surface area contributed by atoms with Gasteiger partial charge < -0.3 is 15.4 Å². The number of rotatable bonds is 6. The molecule has 0 aliphatic rings. The summed E-state index contributed by atoms with van der Waals surface area (Å²) in [5.41, 5.74) is 6.73. The number of benzene rings is 2. The van der Waals surface area contributed by atoms with Crippen molar-refractivity contribution in [3.05, 3.63) is 70.4 Å². The number of aryl methyl sites for hydroxylation is 4. The molecule has 0 unspecified atom stereocenters. The highest BCUT2D eigenvalue weighted by molar-refractivity contribution is 5.89. The predicted molar refractivity (Wildman–Crippen MR) is 116 cm³/mol. The molecule has 0 saturated carbocycles. The Bertz CT molecular complexity index is 1010. The molecular weight excluding hydrogens is 364 g/mol. The minimum absolute atomic E-state index is 0.327. The minimum Gasteiger partial charge on any atom is -0.462 e. The molecule has 6 nitrogen and oxygen atoms in total. The van der Waals surface area contributed by atoms with Crippen LogP contribution in [0.3, 0.4) is 0 Å². The molecule has 6 heteroatoms. The first-order chi connectivity index (χ1) is 13.9. The van der Waals surface area contributed by atoms with Crippen LogP contribution in [0.15, 0.2) is 42.5 Å². The van der Waals surface area contributed by atoms with Gasteiger partial charge in [-0.2, -0.15) is 4.98 Å². The summed E-state index contributed by atoms with van der Waals surface area (Å²) < 4.78 is 5.01. The average Bonchev–Trinajstić information content (AvgIpc) is 2.65. The monoisotopic (exact) mass is 390 g/mol. The number of esters is 1. The first kappa shape index (κ1) is 20.3. The summed E-state index contributed by atoms with van der Waals surface area (Å²) in [6.07, 6.45) is 0. The fourth-order valence-corrected chi connectivity index (χ4v) is 3.23. The van der Waals surface area contributed by atoms with Gasteiger partial charge in [-0.1, -0.05) is 17.7 Å². The van der Waals surface area contributed by atoms with Gasteiger partial charge in [0.1, 0.15) is 5.82 Å². The molecule has 0 aliphatic heterocycles. The van der Waals surface area contributed by atoms with Gasteiger partial charge in [0.05, 0.1) is 12.2 Å². The lowest BCUT2D eigenvalue weighted by atomic mass is 10.1. The predicted octanol–water partition coefficient (Wildman–Crippen LogP) is 5.37. The maximum atomic E-state index is 11.8. The van der Waals surface area contributed by atoms with Crippen molar-refractivity contribution in [1.29, 1.82) is 0 Å². The van der Waals surface area contributed by atoms with Gasteiger partial charge in [0.2, 0.25) is 5.95 Å². The largest absolute Gasteiger partial charge is 0.462 e. The number of anilines is 4. The van der Waals surface area contributed by atoms with Crippen molar-refractivity contribution in [3.8, 4) is 0 Å². The van der Waals surface area contributed by atoms with Crippen molar-refractivity contribution in [1.82, 2.24) is 9.97 Å². The van der Waals surface area contributed by atoms with Gasteiger partial charge in [-0.3, -0.25) is 0 Å². The summed E-state index contributed by atoms with van der Waals surface area (Å²) >= 11 is 0. The number of carbonyl (C=O) groups excluding carboxylic acids is 1. The molecule has 0 radical (unpaired) electrons. The van der Waals surface area contributed by atoms with Gasteiger partial charge in [0, 0.05) is 23.1 Å². The average molecular weight is 390 g/mol. The Morgan fingerprint density at radius 3 is 2.21 bits per heavy atom. The molecule has 0 saturated heterocycles. The van der Waals surface area contributed by atoms with E-state index in [2.05, 4.69) is 53.5 Å². The first-order valence-electron chi connectivity index (χ1n) is 9.60. The number of aromatic nitrogens is 2. The quantitative estimate of drug-likeness (QED) is 0.551. The lowest BCUT2D eigenvalue weighted by molar-refractivity contribution is 0.0526. The highest BCUT2D eigenvalue weighted by Gasteiger charge is 2.09. The number of nitrogens with zero attached hydrogens (tertiary/aromatic N) is 2. The van der Waals surface area contributed by atoms with Gasteiger partial charge in [-0.25, -0.2) is 9.78 Å². The van der Waals surface area contributed by atoms with Crippen LogP contribution in [0.2, 0.25) is 0 Å². The Kier molecular flexibility index (Phi) is 6.12. The van der Waals surface area contributed by atoms with Gasteiger partial charge in [0.15, 0.2) is 0 Å². The smallest absolute Gasteiger partial charge is 0.338 e. The molecule has 150 valence electrons. The summed E-state index contributed by atoms with van der Waals surface area (Å²) in [7, 11) is 0.